The van der Waals surface area contributed by atoms with Crippen molar-refractivity contribution in [3.8, 4) is 0 Å². The van der Waals surface area contributed by atoms with Crippen LogP contribution in [0.4, 0.5) is 0 Å². The minimum atomic E-state index is -0.473. The first-order valence-corrected chi connectivity index (χ1v) is 5.38. The van der Waals surface area contributed by atoms with Gasteiger partial charge in [0.2, 0.25) is 0 Å². The summed E-state index contributed by atoms with van der Waals surface area (Å²) >= 11 is 0. The molecule has 0 aromatic heterocycles. The van der Waals surface area contributed by atoms with Gasteiger partial charge in [0.15, 0.2) is 0 Å². The molecule has 0 N–H and O–H groups in total. The van der Waals surface area contributed by atoms with Gasteiger partial charge in [0, 0.05) is 6.54 Å². The van der Waals surface area contributed by atoms with E-state index in [1.165, 1.54) is 0 Å². The van der Waals surface area contributed by atoms with E-state index >= 15 is 0 Å². The minimum absolute atomic E-state index is 0.105. The van der Waals surface area contributed by atoms with Crippen molar-refractivity contribution in [2.24, 2.45) is 0 Å². The van der Waals surface area contributed by atoms with Crippen LogP contribution in [0.15, 0.2) is 11.9 Å². The molecule has 0 bridgehead atoms. The van der Waals surface area contributed by atoms with Crippen LogP contribution < -0.4 is 0 Å². The summed E-state index contributed by atoms with van der Waals surface area (Å²) in [6, 6.07) is 0. The van der Waals surface area contributed by atoms with Gasteiger partial charge < -0.3 is 9.64 Å². The Bertz CT molecular complexity index is 301. The number of rotatable bonds is 4. The number of carbonyl (C=O) groups excluding carboxylic acids is 1. The van der Waals surface area contributed by atoms with Crippen molar-refractivity contribution in [2.75, 3.05) is 19.7 Å². The Morgan fingerprint density at radius 2 is 2.38 bits per heavy atom. The van der Waals surface area contributed by atoms with Crippen LogP contribution in [0, 0.1) is 10.1 Å². The topological polar surface area (TPSA) is 72.7 Å². The van der Waals surface area contributed by atoms with Gasteiger partial charge in [-0.2, -0.15) is 0 Å². The number of hydrogen-bond donors (Lipinski definition) is 0. The SMILES string of the molecule is CCOC(=O)CN1CCCC/C1=C\[N+](=O)[O-]. The van der Waals surface area contributed by atoms with Gasteiger partial charge in [-0.25, -0.2) is 0 Å². The van der Waals surface area contributed by atoms with E-state index < -0.39 is 4.92 Å². The molecule has 1 heterocycles. The number of nitro groups is 1. The molecule has 0 aliphatic carbocycles. The van der Waals surface area contributed by atoms with Crippen molar-refractivity contribution in [1.82, 2.24) is 4.90 Å². The average molecular weight is 228 g/mol. The Balaban J connectivity index is 2.60. The van der Waals surface area contributed by atoms with Crippen molar-refractivity contribution in [1.29, 1.82) is 0 Å². The number of esters is 1. The molecule has 0 unspecified atom stereocenters. The maximum absolute atomic E-state index is 11.3. The molecule has 0 atom stereocenters. The van der Waals surface area contributed by atoms with Crippen LogP contribution in [0.3, 0.4) is 0 Å². The summed E-state index contributed by atoms with van der Waals surface area (Å²) in [5, 5.41) is 10.4. The number of hydrogen-bond acceptors (Lipinski definition) is 5. The van der Waals surface area contributed by atoms with Crippen molar-refractivity contribution in [3.63, 3.8) is 0 Å². The van der Waals surface area contributed by atoms with E-state index in [2.05, 4.69) is 0 Å². The Kier molecular flexibility index (Phi) is 4.75. The smallest absolute Gasteiger partial charge is 0.325 e. The monoisotopic (exact) mass is 228 g/mol. The number of likely N-dealkylation sites (tertiary alicyclic amines) is 1. The molecule has 0 spiro atoms. The molecular formula is C10H16N2O4. The fraction of sp³-hybridized carbons (Fsp3) is 0.700. The van der Waals surface area contributed by atoms with E-state index in [-0.39, 0.29) is 12.5 Å². The molecular weight excluding hydrogens is 212 g/mol. The Morgan fingerprint density at radius 1 is 1.62 bits per heavy atom. The normalized spacial score (nSPS) is 18.6. The molecule has 1 fully saturated rings. The second-order valence-electron chi connectivity index (χ2n) is 3.59. The molecule has 0 saturated carbocycles. The summed E-state index contributed by atoms with van der Waals surface area (Å²) < 4.78 is 4.82. The maximum atomic E-state index is 11.3. The zero-order chi connectivity index (χ0) is 12.0. The second kappa shape index (κ2) is 6.09. The van der Waals surface area contributed by atoms with E-state index in [0.29, 0.717) is 25.3 Å². The molecule has 0 radical (unpaired) electrons. The molecule has 1 aliphatic heterocycles. The fourth-order valence-corrected chi connectivity index (χ4v) is 1.72. The lowest BCUT2D eigenvalue weighted by atomic mass is 10.1. The first kappa shape index (κ1) is 12.5. The molecule has 6 heteroatoms. The summed E-state index contributed by atoms with van der Waals surface area (Å²) in [4.78, 5) is 22.9. The quantitative estimate of drug-likeness (QED) is 0.410. The van der Waals surface area contributed by atoms with Gasteiger partial charge in [0.05, 0.1) is 17.2 Å². The van der Waals surface area contributed by atoms with Crippen LogP contribution in [0.1, 0.15) is 26.2 Å². The van der Waals surface area contributed by atoms with Crippen molar-refractivity contribution >= 4 is 5.97 Å². The number of carbonyl (C=O) groups is 1. The lowest BCUT2D eigenvalue weighted by Gasteiger charge is -2.28. The largest absolute Gasteiger partial charge is 0.465 e. The lowest BCUT2D eigenvalue weighted by Crippen LogP contribution is -2.34. The van der Waals surface area contributed by atoms with Gasteiger partial charge in [-0.05, 0) is 26.2 Å². The predicted molar refractivity (Wildman–Crippen MR) is 57.1 cm³/mol. The molecule has 16 heavy (non-hydrogen) atoms. The molecule has 0 aromatic carbocycles. The number of allylic oxidation sites excluding steroid dienone is 1. The first-order valence-electron chi connectivity index (χ1n) is 5.38. The zero-order valence-electron chi connectivity index (χ0n) is 9.35. The number of piperidine rings is 1. The van der Waals surface area contributed by atoms with Crippen molar-refractivity contribution in [2.45, 2.75) is 26.2 Å². The highest BCUT2D eigenvalue weighted by Crippen LogP contribution is 2.19. The van der Waals surface area contributed by atoms with Gasteiger partial charge in [-0.3, -0.25) is 14.9 Å². The lowest BCUT2D eigenvalue weighted by molar-refractivity contribution is -0.404. The molecule has 0 aromatic rings. The first-order chi connectivity index (χ1) is 7.63. The number of ether oxygens (including phenoxy) is 1. The summed E-state index contributed by atoms with van der Waals surface area (Å²) in [7, 11) is 0. The Labute approximate surface area is 94.0 Å². The van der Waals surface area contributed by atoms with Crippen LogP contribution in [0.5, 0.6) is 0 Å². The third kappa shape index (κ3) is 3.88. The molecule has 90 valence electrons. The van der Waals surface area contributed by atoms with Gasteiger partial charge >= 0.3 is 5.97 Å². The summed E-state index contributed by atoms with van der Waals surface area (Å²) in [5.41, 5.74) is 0.615. The predicted octanol–water partition coefficient (Wildman–Crippen LogP) is 1.15. The Hall–Kier alpha value is -1.59. The minimum Gasteiger partial charge on any atom is -0.465 e. The summed E-state index contributed by atoms with van der Waals surface area (Å²) in [6.07, 6.45) is 3.52. The van der Waals surface area contributed by atoms with E-state index in [9.17, 15) is 14.9 Å². The highest BCUT2D eigenvalue weighted by Gasteiger charge is 2.20. The molecule has 1 aliphatic rings. The standard InChI is InChI=1S/C10H16N2O4/c1-2-16-10(13)8-11-6-4-3-5-9(11)7-12(14)15/h7H,2-6,8H2,1H3/b9-7+. The van der Waals surface area contributed by atoms with Crippen LogP contribution in [-0.4, -0.2) is 35.5 Å². The highest BCUT2D eigenvalue weighted by molar-refractivity contribution is 5.71. The van der Waals surface area contributed by atoms with Crippen LogP contribution in [-0.2, 0) is 9.53 Å². The highest BCUT2D eigenvalue weighted by atomic mass is 16.6. The van der Waals surface area contributed by atoms with E-state index in [0.717, 1.165) is 19.0 Å². The van der Waals surface area contributed by atoms with Crippen LogP contribution in [0.25, 0.3) is 0 Å². The molecule has 1 saturated heterocycles. The zero-order valence-corrected chi connectivity index (χ0v) is 9.35. The Morgan fingerprint density at radius 3 is 3.00 bits per heavy atom. The van der Waals surface area contributed by atoms with E-state index in [4.69, 9.17) is 4.74 Å². The summed E-state index contributed by atoms with van der Waals surface area (Å²) in [5.74, 6) is -0.335. The fourth-order valence-electron chi connectivity index (χ4n) is 1.72. The average Bonchev–Trinajstić information content (AvgIpc) is 2.20. The van der Waals surface area contributed by atoms with Crippen LogP contribution in [0.2, 0.25) is 0 Å². The molecule has 6 nitrogen and oxygen atoms in total. The third-order valence-electron chi connectivity index (χ3n) is 2.40. The maximum Gasteiger partial charge on any atom is 0.325 e. The second-order valence-corrected chi connectivity index (χ2v) is 3.59. The van der Waals surface area contributed by atoms with Gasteiger partial charge in [0.25, 0.3) is 6.20 Å². The van der Waals surface area contributed by atoms with E-state index in [1.807, 2.05) is 0 Å². The molecule has 1 rings (SSSR count). The van der Waals surface area contributed by atoms with E-state index in [1.54, 1.807) is 11.8 Å². The van der Waals surface area contributed by atoms with Gasteiger partial charge in [-0.15, -0.1) is 0 Å². The van der Waals surface area contributed by atoms with Gasteiger partial charge in [0.1, 0.15) is 6.54 Å². The van der Waals surface area contributed by atoms with Crippen molar-refractivity contribution < 1.29 is 14.5 Å². The number of nitrogens with zero attached hydrogens (tertiary/aromatic N) is 2. The van der Waals surface area contributed by atoms with Crippen molar-refractivity contribution in [3.05, 3.63) is 22.0 Å². The van der Waals surface area contributed by atoms with Crippen LogP contribution >= 0.6 is 0 Å². The summed E-state index contributed by atoms with van der Waals surface area (Å²) in [6.45, 7) is 2.86. The molecule has 0 amide bonds. The third-order valence-corrected chi connectivity index (χ3v) is 2.40. The van der Waals surface area contributed by atoms with Gasteiger partial charge in [-0.1, -0.05) is 0 Å².